The predicted octanol–water partition coefficient (Wildman–Crippen LogP) is 7.31. The fourth-order valence-electron chi connectivity index (χ4n) is 5.67. The van der Waals surface area contributed by atoms with E-state index in [9.17, 15) is 14.7 Å². The molecule has 0 heterocycles. The first-order chi connectivity index (χ1) is 19.5. The van der Waals surface area contributed by atoms with Crippen LogP contribution in [0.3, 0.4) is 0 Å². The molecule has 0 bridgehead atoms. The smallest absolute Gasteiger partial charge is 0.329 e. The average molecular weight is 646 g/mol. The quantitative estimate of drug-likeness (QED) is 0.0928. The van der Waals surface area contributed by atoms with Gasteiger partial charge in [0, 0.05) is 22.6 Å². The van der Waals surface area contributed by atoms with Crippen LogP contribution >= 0.6 is 22.6 Å². The molecule has 1 aliphatic rings. The van der Waals surface area contributed by atoms with Gasteiger partial charge in [-0.15, -0.1) is 0 Å². The number of hydrogen-bond acceptors (Lipinski definition) is 4. The van der Waals surface area contributed by atoms with Crippen molar-refractivity contribution in [3.8, 4) is 11.1 Å². The molecule has 1 aliphatic carbocycles. The van der Waals surface area contributed by atoms with E-state index < -0.39 is 23.9 Å². The molecule has 0 aliphatic heterocycles. The highest BCUT2D eigenvalue weighted by Crippen LogP contribution is 2.52. The molecular weight excluding hydrogens is 613 g/mol. The maximum atomic E-state index is 13.8. The van der Waals surface area contributed by atoms with Gasteiger partial charge in [-0.05, 0) is 52.8 Å². The van der Waals surface area contributed by atoms with Crippen LogP contribution in [-0.4, -0.2) is 34.1 Å². The second-order valence-corrected chi connectivity index (χ2v) is 11.1. The van der Waals surface area contributed by atoms with E-state index >= 15 is 0 Å². The molecule has 0 fully saturated rings. The number of alkyl halides is 1. The summed E-state index contributed by atoms with van der Waals surface area (Å²) in [6, 6.07) is 33.4. The Bertz CT molecular complexity index is 1470. The number of anilines is 1. The van der Waals surface area contributed by atoms with E-state index in [1.165, 1.54) is 5.56 Å². The molecule has 0 saturated heterocycles. The van der Waals surface area contributed by atoms with Crippen LogP contribution in [0, 0.1) is 5.92 Å². The van der Waals surface area contributed by atoms with Crippen LogP contribution in [0.4, 0.5) is 5.69 Å². The summed E-state index contributed by atoms with van der Waals surface area (Å²) in [5, 5.41) is 10.1. The number of halogens is 1. The molecule has 40 heavy (non-hydrogen) atoms. The number of ether oxygens (including phenoxy) is 1. The lowest BCUT2D eigenvalue weighted by molar-refractivity contribution is -0.154. The van der Waals surface area contributed by atoms with Crippen LogP contribution < -0.4 is 4.90 Å². The van der Waals surface area contributed by atoms with Crippen molar-refractivity contribution in [1.82, 2.24) is 0 Å². The fraction of sp³-hybridized carbons (Fsp3) is 0.235. The number of esters is 1. The Morgan fingerprint density at radius 1 is 0.875 bits per heavy atom. The highest BCUT2D eigenvalue weighted by Gasteiger charge is 2.40. The number of hydrogen-bond donors (Lipinski definition) is 1. The standard InChI is InChI=1S/C34H32INO4/c1-23(33(37)38)32(34(39)40-22-24-12-4-2-5-13-24)36(21-11-20-35)29-19-10-18-28-26-16-8-9-17-27(26)30(31(28)29)25-14-6-3-7-15-25/h2-10,12-19,23,30,32H,11,20-22H2,1H3,(H,37,38)/t23?,30?,32-/m1/s1. The number of aliphatic carboxylic acids is 1. The van der Waals surface area contributed by atoms with Crippen LogP contribution in [-0.2, 0) is 20.9 Å². The summed E-state index contributed by atoms with van der Waals surface area (Å²) in [6.45, 7) is 2.22. The van der Waals surface area contributed by atoms with Crippen molar-refractivity contribution < 1.29 is 19.4 Å². The highest BCUT2D eigenvalue weighted by atomic mass is 127. The Labute approximate surface area is 248 Å². The number of carbonyl (C=O) groups is 2. The summed E-state index contributed by atoms with van der Waals surface area (Å²) in [4.78, 5) is 28.2. The van der Waals surface area contributed by atoms with E-state index in [2.05, 4.69) is 59.0 Å². The molecule has 4 aromatic carbocycles. The molecule has 0 spiro atoms. The second kappa shape index (κ2) is 12.7. The summed E-state index contributed by atoms with van der Waals surface area (Å²) >= 11 is 2.33. The first-order valence-corrected chi connectivity index (χ1v) is 15.1. The Balaban J connectivity index is 1.63. The van der Waals surface area contributed by atoms with E-state index in [0.717, 1.165) is 44.4 Å². The normalized spacial score (nSPS) is 15.0. The number of carboxylic acids is 1. The fourth-order valence-corrected chi connectivity index (χ4v) is 6.01. The molecule has 0 saturated carbocycles. The highest BCUT2D eigenvalue weighted by molar-refractivity contribution is 14.1. The Hall–Kier alpha value is -3.65. The molecule has 5 nitrogen and oxygen atoms in total. The lowest BCUT2D eigenvalue weighted by atomic mass is 9.87. The zero-order chi connectivity index (χ0) is 28.1. The van der Waals surface area contributed by atoms with Crippen LogP contribution in [0.25, 0.3) is 11.1 Å². The Morgan fingerprint density at radius 3 is 2.23 bits per heavy atom. The minimum Gasteiger partial charge on any atom is -0.481 e. The van der Waals surface area contributed by atoms with E-state index in [1.54, 1.807) is 6.92 Å². The lowest BCUT2D eigenvalue weighted by Gasteiger charge is -2.36. The molecule has 1 N–H and O–H groups in total. The van der Waals surface area contributed by atoms with Gasteiger partial charge in [-0.1, -0.05) is 120 Å². The van der Waals surface area contributed by atoms with E-state index in [4.69, 9.17) is 4.74 Å². The number of rotatable bonds is 11. The zero-order valence-electron chi connectivity index (χ0n) is 22.4. The van der Waals surface area contributed by atoms with Crippen molar-refractivity contribution in [2.45, 2.75) is 31.9 Å². The van der Waals surface area contributed by atoms with Gasteiger partial charge in [0.1, 0.15) is 12.6 Å². The van der Waals surface area contributed by atoms with Gasteiger partial charge in [0.25, 0.3) is 0 Å². The summed E-state index contributed by atoms with van der Waals surface area (Å²) in [6.07, 6.45) is 0.794. The summed E-state index contributed by atoms with van der Waals surface area (Å²) in [5.74, 6) is -2.58. The van der Waals surface area contributed by atoms with Crippen LogP contribution in [0.1, 0.15) is 41.5 Å². The van der Waals surface area contributed by atoms with E-state index in [1.807, 2.05) is 71.6 Å². The third-order valence-electron chi connectivity index (χ3n) is 7.57. The molecule has 4 aromatic rings. The topological polar surface area (TPSA) is 66.8 Å². The van der Waals surface area contributed by atoms with Gasteiger partial charge in [-0.2, -0.15) is 0 Å². The predicted molar refractivity (Wildman–Crippen MR) is 167 cm³/mol. The molecule has 0 amide bonds. The molecule has 2 unspecified atom stereocenters. The van der Waals surface area contributed by atoms with Crippen LogP contribution in [0.2, 0.25) is 0 Å². The minimum absolute atomic E-state index is 0.0353. The van der Waals surface area contributed by atoms with Crippen molar-refractivity contribution in [3.63, 3.8) is 0 Å². The number of benzene rings is 4. The average Bonchev–Trinajstić information content (AvgIpc) is 3.33. The molecule has 204 valence electrons. The van der Waals surface area contributed by atoms with Gasteiger partial charge in [-0.3, -0.25) is 4.79 Å². The minimum atomic E-state index is -1.03. The second-order valence-electron chi connectivity index (χ2n) is 10.1. The van der Waals surface area contributed by atoms with Crippen molar-refractivity contribution in [2.24, 2.45) is 5.92 Å². The molecule has 3 atom stereocenters. The molecule has 0 radical (unpaired) electrons. The molecule has 6 heteroatoms. The largest absolute Gasteiger partial charge is 0.481 e. The van der Waals surface area contributed by atoms with Crippen molar-refractivity contribution in [2.75, 3.05) is 15.9 Å². The van der Waals surface area contributed by atoms with Crippen LogP contribution in [0.5, 0.6) is 0 Å². The number of carbonyl (C=O) groups excluding carboxylic acids is 1. The Morgan fingerprint density at radius 2 is 1.52 bits per heavy atom. The zero-order valence-corrected chi connectivity index (χ0v) is 24.5. The number of nitrogens with zero attached hydrogens (tertiary/aromatic N) is 1. The van der Waals surface area contributed by atoms with E-state index in [0.29, 0.717) is 6.54 Å². The third kappa shape index (κ3) is 5.63. The summed E-state index contributed by atoms with van der Waals surface area (Å²) in [7, 11) is 0. The van der Waals surface area contributed by atoms with Crippen molar-refractivity contribution in [3.05, 3.63) is 125 Å². The van der Waals surface area contributed by atoms with Gasteiger partial charge >= 0.3 is 11.9 Å². The Kier molecular flexibility index (Phi) is 8.85. The first-order valence-electron chi connectivity index (χ1n) is 13.5. The maximum Gasteiger partial charge on any atom is 0.329 e. The summed E-state index contributed by atoms with van der Waals surface area (Å²) in [5.41, 5.74) is 7.47. The maximum absolute atomic E-state index is 13.8. The van der Waals surface area contributed by atoms with Crippen molar-refractivity contribution >= 4 is 40.2 Å². The van der Waals surface area contributed by atoms with Gasteiger partial charge < -0.3 is 14.7 Å². The first kappa shape index (κ1) is 27.9. The SMILES string of the molecule is CC(C(=O)O)[C@H](C(=O)OCc1ccccc1)N(CCCI)c1cccc2c1C(c1ccccc1)c1ccccc1-2. The lowest BCUT2D eigenvalue weighted by Crippen LogP contribution is -2.49. The van der Waals surface area contributed by atoms with Gasteiger partial charge in [0.15, 0.2) is 0 Å². The van der Waals surface area contributed by atoms with Crippen LogP contribution in [0.15, 0.2) is 103 Å². The number of fused-ring (bicyclic) bond motifs is 3. The van der Waals surface area contributed by atoms with E-state index in [-0.39, 0.29) is 12.5 Å². The third-order valence-corrected chi connectivity index (χ3v) is 8.34. The van der Waals surface area contributed by atoms with Crippen molar-refractivity contribution in [1.29, 1.82) is 0 Å². The molecule has 5 rings (SSSR count). The molecular formula is C34H32INO4. The van der Waals surface area contributed by atoms with Gasteiger partial charge in [0.2, 0.25) is 0 Å². The number of carboxylic acid groups (broad SMARTS) is 1. The van der Waals surface area contributed by atoms with Gasteiger partial charge in [0.05, 0.1) is 5.92 Å². The summed E-state index contributed by atoms with van der Waals surface area (Å²) < 4.78 is 6.66. The monoisotopic (exact) mass is 645 g/mol. The molecule has 0 aromatic heterocycles. The van der Waals surface area contributed by atoms with Gasteiger partial charge in [-0.25, -0.2) is 4.79 Å².